The number of H-pyrrole nitrogens is 1. The summed E-state index contributed by atoms with van der Waals surface area (Å²) in [4.78, 5) is 82.1. The van der Waals surface area contributed by atoms with Crippen LogP contribution in [0.5, 0.6) is 5.75 Å². The van der Waals surface area contributed by atoms with E-state index in [1.165, 1.54) is 55.5 Å². The van der Waals surface area contributed by atoms with E-state index in [0.717, 1.165) is 0 Å². The van der Waals surface area contributed by atoms with Crippen LogP contribution < -0.4 is 27.0 Å². The van der Waals surface area contributed by atoms with Gasteiger partial charge in [-0.1, -0.05) is 12.1 Å². The minimum Gasteiger partial charge on any atom is -0.508 e. The summed E-state index contributed by atoms with van der Waals surface area (Å²) in [6, 6.07) is -1.12. The number of nitrogens with two attached hydrogens (primary N) is 1. The SMILES string of the molecule is CSCC[C@H](NC(=O)[C@@H](NC(=O)[C@H](Cc1ccc(O)cc1)NC(=O)[C@@H](N)CCC(=O)O)[C@@H](C)O)C(=O)N[C@@H](Cc1cnc[nH]1)C(=O)O. The molecule has 258 valence electrons. The van der Waals surface area contributed by atoms with Crippen molar-refractivity contribution in [3.63, 3.8) is 0 Å². The number of carbonyl (C=O) groups excluding carboxylic acids is 4. The van der Waals surface area contributed by atoms with E-state index < -0.39 is 78.3 Å². The number of nitrogens with zero attached hydrogens (tertiary/aromatic N) is 1. The smallest absolute Gasteiger partial charge is 0.326 e. The molecule has 0 spiro atoms. The first-order chi connectivity index (χ1) is 22.2. The third-order valence-electron chi connectivity index (χ3n) is 6.91. The standard InChI is InChI=1S/C29H41N7O10S/c1-15(37)24(28(44)33-20(9-10-47-2)26(42)35-22(29(45)46)12-17-13-31-14-32-17)36-27(43)21(11-16-3-5-18(38)6-4-16)34-25(41)19(30)7-8-23(39)40/h3-6,13-15,19-22,24,37-38H,7-12,30H2,1-2H3,(H,31,32)(H,33,44)(H,34,41)(H,35,42)(H,36,43)(H,39,40)(H,45,46)/t15-,19+,20+,21+,22+,24+/m1/s1. The number of aromatic hydroxyl groups is 1. The van der Waals surface area contributed by atoms with Crippen LogP contribution in [-0.4, -0.2) is 114 Å². The van der Waals surface area contributed by atoms with Crippen LogP contribution in [0.3, 0.4) is 0 Å². The average Bonchev–Trinajstić information content (AvgIpc) is 3.53. The van der Waals surface area contributed by atoms with Gasteiger partial charge in [0.1, 0.15) is 29.9 Å². The number of nitrogens with one attached hydrogen (secondary N) is 5. The fourth-order valence-electron chi connectivity index (χ4n) is 4.28. The summed E-state index contributed by atoms with van der Waals surface area (Å²) >= 11 is 1.37. The molecule has 0 bridgehead atoms. The van der Waals surface area contributed by atoms with Gasteiger partial charge in [-0.05, 0) is 49.5 Å². The molecule has 1 aromatic carbocycles. The third-order valence-corrected chi connectivity index (χ3v) is 7.56. The lowest BCUT2D eigenvalue weighted by molar-refractivity contribution is -0.142. The molecular formula is C29H41N7O10S. The number of aliphatic hydroxyl groups is 1. The van der Waals surface area contributed by atoms with E-state index >= 15 is 0 Å². The van der Waals surface area contributed by atoms with Gasteiger partial charge < -0.3 is 52.4 Å². The highest BCUT2D eigenvalue weighted by atomic mass is 32.2. The number of hydrogen-bond donors (Lipinski definition) is 10. The highest BCUT2D eigenvalue weighted by molar-refractivity contribution is 7.98. The number of carboxylic acids is 2. The maximum absolute atomic E-state index is 13.5. The Kier molecular flexibility index (Phi) is 15.6. The Bertz CT molecular complexity index is 1360. The number of phenols is 1. The molecule has 18 heteroatoms. The first-order valence-corrected chi connectivity index (χ1v) is 15.9. The zero-order valence-electron chi connectivity index (χ0n) is 25.8. The molecule has 1 aromatic heterocycles. The molecule has 0 saturated heterocycles. The number of benzene rings is 1. The lowest BCUT2D eigenvalue weighted by atomic mass is 10.0. The third kappa shape index (κ3) is 13.3. The molecule has 1 heterocycles. The van der Waals surface area contributed by atoms with Gasteiger partial charge in [-0.2, -0.15) is 11.8 Å². The molecule has 0 radical (unpaired) electrons. The second kappa shape index (κ2) is 19.1. The highest BCUT2D eigenvalue weighted by Gasteiger charge is 2.34. The molecule has 0 saturated carbocycles. The van der Waals surface area contributed by atoms with Crippen LogP contribution in [0.25, 0.3) is 0 Å². The summed E-state index contributed by atoms with van der Waals surface area (Å²) in [5, 5.41) is 48.3. The molecule has 47 heavy (non-hydrogen) atoms. The molecule has 0 aliphatic carbocycles. The number of imidazole rings is 1. The van der Waals surface area contributed by atoms with Crippen LogP contribution >= 0.6 is 11.8 Å². The van der Waals surface area contributed by atoms with Crippen molar-refractivity contribution in [3.05, 3.63) is 48.0 Å². The fourth-order valence-corrected chi connectivity index (χ4v) is 4.75. The number of rotatable bonds is 20. The van der Waals surface area contributed by atoms with Gasteiger partial charge in [0.05, 0.1) is 18.5 Å². The summed E-state index contributed by atoms with van der Waals surface area (Å²) < 4.78 is 0. The van der Waals surface area contributed by atoms with Crippen LogP contribution in [0.1, 0.15) is 37.4 Å². The van der Waals surface area contributed by atoms with Gasteiger partial charge in [-0.3, -0.25) is 24.0 Å². The van der Waals surface area contributed by atoms with Gasteiger partial charge >= 0.3 is 11.9 Å². The van der Waals surface area contributed by atoms with E-state index in [2.05, 4.69) is 31.2 Å². The Balaban J connectivity index is 2.23. The maximum Gasteiger partial charge on any atom is 0.326 e. The Morgan fingerprint density at radius 2 is 1.49 bits per heavy atom. The first-order valence-electron chi connectivity index (χ1n) is 14.6. The summed E-state index contributed by atoms with van der Waals surface area (Å²) in [7, 11) is 0. The van der Waals surface area contributed by atoms with Crippen molar-refractivity contribution in [1.82, 2.24) is 31.2 Å². The molecule has 0 aliphatic rings. The van der Waals surface area contributed by atoms with E-state index in [0.29, 0.717) is 17.0 Å². The number of thioether (sulfide) groups is 1. The quantitative estimate of drug-likeness (QED) is 0.0744. The minimum atomic E-state index is -1.62. The molecule has 11 N–H and O–H groups in total. The summed E-state index contributed by atoms with van der Waals surface area (Å²) in [6.07, 6.45) is 2.29. The number of aromatic amines is 1. The van der Waals surface area contributed by atoms with Crippen molar-refractivity contribution in [2.45, 2.75) is 75.3 Å². The lowest BCUT2D eigenvalue weighted by Crippen LogP contribution is -2.61. The molecule has 0 unspecified atom stereocenters. The van der Waals surface area contributed by atoms with Gasteiger partial charge in [-0.15, -0.1) is 0 Å². The Morgan fingerprint density at radius 1 is 0.872 bits per heavy atom. The average molecular weight is 680 g/mol. The number of aliphatic hydroxyl groups excluding tert-OH is 1. The molecule has 4 amide bonds. The first kappa shape index (κ1) is 38.5. The van der Waals surface area contributed by atoms with Crippen LogP contribution in [0.4, 0.5) is 0 Å². The Hall–Kier alpha value is -4.68. The highest BCUT2D eigenvalue weighted by Crippen LogP contribution is 2.12. The molecule has 17 nitrogen and oxygen atoms in total. The number of phenolic OH excluding ortho intramolecular Hbond substituents is 1. The topological polar surface area (TPSA) is 286 Å². The maximum atomic E-state index is 13.5. The Labute approximate surface area is 274 Å². The van der Waals surface area contributed by atoms with Crippen LogP contribution in [0, 0.1) is 0 Å². The summed E-state index contributed by atoms with van der Waals surface area (Å²) in [5.41, 5.74) is 6.77. The number of amides is 4. The van der Waals surface area contributed by atoms with Gasteiger partial charge in [0, 0.05) is 31.2 Å². The number of aliphatic carboxylic acids is 2. The molecular weight excluding hydrogens is 638 g/mol. The van der Waals surface area contributed by atoms with Crippen molar-refractivity contribution in [2.75, 3.05) is 12.0 Å². The van der Waals surface area contributed by atoms with Crippen molar-refractivity contribution in [2.24, 2.45) is 5.73 Å². The number of hydrogen-bond acceptors (Lipinski definition) is 11. The molecule has 6 atom stereocenters. The van der Waals surface area contributed by atoms with Crippen molar-refractivity contribution >= 4 is 47.3 Å². The van der Waals surface area contributed by atoms with Crippen molar-refractivity contribution < 1.29 is 49.2 Å². The van der Waals surface area contributed by atoms with Crippen LogP contribution in [0.2, 0.25) is 0 Å². The van der Waals surface area contributed by atoms with Gasteiger partial charge in [0.15, 0.2) is 0 Å². The summed E-state index contributed by atoms with van der Waals surface area (Å²) in [6.45, 7) is 1.22. The normalized spacial score (nSPS) is 14.8. The second-order valence-electron chi connectivity index (χ2n) is 10.7. The Morgan fingerprint density at radius 3 is 2.04 bits per heavy atom. The van der Waals surface area contributed by atoms with E-state index in [9.17, 15) is 44.1 Å². The van der Waals surface area contributed by atoms with Gasteiger partial charge in [-0.25, -0.2) is 9.78 Å². The van der Waals surface area contributed by atoms with Crippen LogP contribution in [-0.2, 0) is 41.6 Å². The lowest BCUT2D eigenvalue weighted by Gasteiger charge is -2.27. The summed E-state index contributed by atoms with van der Waals surface area (Å²) in [5.74, 6) is -5.64. The van der Waals surface area contributed by atoms with Crippen molar-refractivity contribution in [3.8, 4) is 5.75 Å². The van der Waals surface area contributed by atoms with E-state index in [1.807, 2.05) is 0 Å². The van der Waals surface area contributed by atoms with Gasteiger partial charge in [0.2, 0.25) is 23.6 Å². The second-order valence-corrected chi connectivity index (χ2v) is 11.7. The number of aromatic nitrogens is 2. The molecule has 2 rings (SSSR count). The van der Waals surface area contributed by atoms with Crippen LogP contribution in [0.15, 0.2) is 36.8 Å². The predicted octanol–water partition coefficient (Wildman–Crippen LogP) is -1.75. The predicted molar refractivity (Wildman–Crippen MR) is 169 cm³/mol. The minimum absolute atomic E-state index is 0.0450. The zero-order valence-corrected chi connectivity index (χ0v) is 26.7. The number of carboxylic acid groups (broad SMARTS) is 2. The largest absolute Gasteiger partial charge is 0.508 e. The molecule has 0 fully saturated rings. The number of carbonyl (C=O) groups is 6. The van der Waals surface area contributed by atoms with E-state index in [4.69, 9.17) is 10.8 Å². The fraction of sp³-hybridized carbons (Fsp3) is 0.483. The van der Waals surface area contributed by atoms with E-state index in [1.54, 1.807) is 6.26 Å². The van der Waals surface area contributed by atoms with Crippen molar-refractivity contribution in [1.29, 1.82) is 0 Å². The monoisotopic (exact) mass is 679 g/mol. The zero-order chi connectivity index (χ0) is 35.1. The molecule has 0 aliphatic heterocycles. The van der Waals surface area contributed by atoms with E-state index in [-0.39, 0.29) is 31.4 Å². The molecule has 2 aromatic rings. The van der Waals surface area contributed by atoms with Gasteiger partial charge in [0.25, 0.3) is 0 Å².